The third-order valence-electron chi connectivity index (χ3n) is 0.969. The summed E-state index contributed by atoms with van der Waals surface area (Å²) in [5.74, 6) is 0. The van der Waals surface area contributed by atoms with Crippen LogP contribution in [0.5, 0.6) is 0 Å². The summed E-state index contributed by atoms with van der Waals surface area (Å²) in [7, 11) is -4.03. The minimum Gasteiger partial charge on any atom is -0.401 e. The largest absolute Gasteiger partial charge is 0.401 e. The Hall–Kier alpha value is -0.550. The Labute approximate surface area is 54.1 Å². The maximum atomic E-state index is 10.2. The second-order valence-corrected chi connectivity index (χ2v) is 3.47. The van der Waals surface area contributed by atoms with Crippen molar-refractivity contribution in [3.63, 3.8) is 0 Å². The maximum Gasteiger partial charge on any atom is 0.273 e. The summed E-state index contributed by atoms with van der Waals surface area (Å²) < 4.78 is 28.7. The molecule has 0 fully saturated rings. The van der Waals surface area contributed by atoms with Crippen LogP contribution in [0.2, 0.25) is 0 Å². The smallest absolute Gasteiger partial charge is 0.273 e. The highest BCUT2D eigenvalue weighted by Gasteiger charge is 2.17. The van der Waals surface area contributed by atoms with E-state index in [4.69, 9.17) is 10.3 Å². The minimum atomic E-state index is -4.03. The van der Waals surface area contributed by atoms with E-state index in [2.05, 4.69) is 6.58 Å². The van der Waals surface area contributed by atoms with Crippen LogP contribution in [-0.2, 0) is 10.1 Å². The average molecular weight is 151 g/mol. The Balaban J connectivity index is 4.43. The molecular weight excluding hydrogens is 142 g/mol. The summed E-state index contributed by atoms with van der Waals surface area (Å²) in [6.45, 7) is 4.42. The molecule has 9 heavy (non-hydrogen) atoms. The normalized spacial score (nSPS) is 14.9. The molecule has 0 saturated carbocycles. The highest BCUT2D eigenvalue weighted by molar-refractivity contribution is 7.86. The van der Waals surface area contributed by atoms with Gasteiger partial charge in [0.25, 0.3) is 10.1 Å². The number of nitrogens with two attached hydrogens (primary N) is 1. The first-order valence-electron chi connectivity index (χ1n) is 2.26. The molecule has 0 spiro atoms. The van der Waals surface area contributed by atoms with Gasteiger partial charge in [-0.1, -0.05) is 6.58 Å². The molecule has 0 aromatic rings. The Morgan fingerprint density at radius 2 is 2.11 bits per heavy atom. The van der Waals surface area contributed by atoms with E-state index >= 15 is 0 Å². The fourth-order valence-corrected chi connectivity index (χ4v) is 0.574. The van der Waals surface area contributed by atoms with Crippen LogP contribution in [0.1, 0.15) is 6.92 Å². The Morgan fingerprint density at radius 3 is 2.11 bits per heavy atom. The van der Waals surface area contributed by atoms with Crippen LogP contribution in [0.25, 0.3) is 0 Å². The van der Waals surface area contributed by atoms with Crippen LogP contribution in [-0.4, -0.2) is 18.2 Å². The standard InChI is InChI=1S/C4H9NO3S/c1-3(5)4(2)9(6,7)8/h4H,1,5H2,2H3,(H,6,7,8). The lowest BCUT2D eigenvalue weighted by Crippen LogP contribution is -2.22. The molecule has 0 heterocycles. The van der Waals surface area contributed by atoms with Crippen molar-refractivity contribution in [2.45, 2.75) is 12.2 Å². The summed E-state index contributed by atoms with van der Waals surface area (Å²) in [5, 5.41) is -1.07. The summed E-state index contributed by atoms with van der Waals surface area (Å²) in [5.41, 5.74) is 4.93. The summed E-state index contributed by atoms with van der Waals surface area (Å²) in [4.78, 5) is 0. The van der Waals surface area contributed by atoms with E-state index in [-0.39, 0.29) is 5.70 Å². The van der Waals surface area contributed by atoms with Crippen molar-refractivity contribution >= 4 is 10.1 Å². The van der Waals surface area contributed by atoms with Gasteiger partial charge in [0.2, 0.25) is 0 Å². The third-order valence-corrected chi connectivity index (χ3v) is 2.17. The highest BCUT2D eigenvalue weighted by atomic mass is 32.2. The first-order chi connectivity index (χ1) is 3.85. The van der Waals surface area contributed by atoms with Crippen LogP contribution in [0.3, 0.4) is 0 Å². The van der Waals surface area contributed by atoms with E-state index in [1.807, 2.05) is 0 Å². The van der Waals surface area contributed by atoms with Crippen LogP contribution in [0, 0.1) is 0 Å². The lowest BCUT2D eigenvalue weighted by Gasteiger charge is -2.04. The third kappa shape index (κ3) is 2.48. The first-order valence-corrected chi connectivity index (χ1v) is 3.76. The minimum absolute atomic E-state index is 0.0579. The zero-order valence-electron chi connectivity index (χ0n) is 5.03. The first kappa shape index (κ1) is 8.45. The fourth-order valence-electron chi connectivity index (χ4n) is 0.191. The summed E-state index contributed by atoms with van der Waals surface area (Å²) >= 11 is 0. The molecule has 4 nitrogen and oxygen atoms in total. The van der Waals surface area contributed by atoms with Crippen LogP contribution < -0.4 is 5.73 Å². The second kappa shape index (κ2) is 2.36. The topological polar surface area (TPSA) is 80.4 Å². The van der Waals surface area contributed by atoms with Crippen molar-refractivity contribution in [2.75, 3.05) is 0 Å². The summed E-state index contributed by atoms with van der Waals surface area (Å²) in [6.07, 6.45) is 0. The van der Waals surface area contributed by atoms with Gasteiger partial charge in [-0.2, -0.15) is 8.42 Å². The van der Waals surface area contributed by atoms with Gasteiger partial charge in [0.05, 0.1) is 0 Å². The molecule has 1 atom stereocenters. The molecule has 0 saturated heterocycles. The molecule has 0 radical (unpaired) electrons. The van der Waals surface area contributed by atoms with Crippen LogP contribution >= 0.6 is 0 Å². The fraction of sp³-hybridized carbons (Fsp3) is 0.500. The summed E-state index contributed by atoms with van der Waals surface area (Å²) in [6, 6.07) is 0. The van der Waals surface area contributed by atoms with Crippen molar-refractivity contribution in [1.82, 2.24) is 0 Å². The average Bonchev–Trinajstić information content (AvgIpc) is 1.62. The molecule has 1 unspecified atom stereocenters. The van der Waals surface area contributed by atoms with Gasteiger partial charge in [-0.05, 0) is 6.92 Å². The van der Waals surface area contributed by atoms with Crippen molar-refractivity contribution in [1.29, 1.82) is 0 Å². The van der Waals surface area contributed by atoms with Crippen LogP contribution in [0.4, 0.5) is 0 Å². The van der Waals surface area contributed by atoms with E-state index in [9.17, 15) is 8.42 Å². The maximum absolute atomic E-state index is 10.2. The van der Waals surface area contributed by atoms with Gasteiger partial charge in [0.1, 0.15) is 5.25 Å². The van der Waals surface area contributed by atoms with Crippen molar-refractivity contribution in [2.24, 2.45) is 5.73 Å². The molecule has 54 valence electrons. The van der Waals surface area contributed by atoms with Gasteiger partial charge in [-0.3, -0.25) is 4.55 Å². The van der Waals surface area contributed by atoms with E-state index < -0.39 is 15.4 Å². The molecular formula is C4H9NO3S. The Kier molecular flexibility index (Phi) is 2.22. The van der Waals surface area contributed by atoms with Gasteiger partial charge in [0.15, 0.2) is 0 Å². The molecule has 5 heteroatoms. The van der Waals surface area contributed by atoms with E-state index in [1.165, 1.54) is 6.92 Å². The molecule has 0 aromatic heterocycles. The van der Waals surface area contributed by atoms with Gasteiger partial charge in [-0.25, -0.2) is 0 Å². The number of rotatable bonds is 2. The Bertz CT molecular complexity index is 206. The number of hydrogen-bond donors (Lipinski definition) is 2. The molecule has 3 N–H and O–H groups in total. The second-order valence-electron chi connectivity index (χ2n) is 1.73. The number of hydrogen-bond acceptors (Lipinski definition) is 3. The molecule has 0 rings (SSSR count). The van der Waals surface area contributed by atoms with Crippen LogP contribution in [0.15, 0.2) is 12.3 Å². The quantitative estimate of drug-likeness (QED) is 0.532. The molecule has 0 aliphatic carbocycles. The Morgan fingerprint density at radius 1 is 1.78 bits per heavy atom. The zero-order valence-corrected chi connectivity index (χ0v) is 5.85. The molecule has 0 amide bonds. The van der Waals surface area contributed by atoms with E-state index in [0.29, 0.717) is 0 Å². The molecule has 0 bridgehead atoms. The van der Waals surface area contributed by atoms with Crippen molar-refractivity contribution < 1.29 is 13.0 Å². The van der Waals surface area contributed by atoms with Gasteiger partial charge >= 0.3 is 0 Å². The van der Waals surface area contributed by atoms with Gasteiger partial charge in [0, 0.05) is 5.70 Å². The van der Waals surface area contributed by atoms with Gasteiger partial charge in [-0.15, -0.1) is 0 Å². The lowest BCUT2D eigenvalue weighted by atomic mass is 10.4. The SMILES string of the molecule is C=C(N)C(C)S(=O)(=O)O. The van der Waals surface area contributed by atoms with Crippen molar-refractivity contribution in [3.05, 3.63) is 12.3 Å². The monoisotopic (exact) mass is 151 g/mol. The highest BCUT2D eigenvalue weighted by Crippen LogP contribution is 2.01. The predicted octanol–water partition coefficient (Wildman–Crippen LogP) is -0.265. The molecule has 0 aliphatic rings. The molecule has 0 aromatic carbocycles. The van der Waals surface area contributed by atoms with Gasteiger partial charge < -0.3 is 5.73 Å². The van der Waals surface area contributed by atoms with E-state index in [0.717, 1.165) is 0 Å². The van der Waals surface area contributed by atoms with Crippen molar-refractivity contribution in [3.8, 4) is 0 Å². The molecule has 0 aliphatic heterocycles. The zero-order chi connectivity index (χ0) is 7.65. The van der Waals surface area contributed by atoms with E-state index in [1.54, 1.807) is 0 Å². The predicted molar refractivity (Wildman–Crippen MR) is 34.3 cm³/mol. The lowest BCUT2D eigenvalue weighted by molar-refractivity contribution is 0.475.